The highest BCUT2D eigenvalue weighted by atomic mass is 16.5. The number of benzene rings is 2. The number of nitrogens with one attached hydrogen (secondary N) is 1. The Bertz CT molecular complexity index is 812. The van der Waals surface area contributed by atoms with E-state index < -0.39 is 18.0 Å². The van der Waals surface area contributed by atoms with Crippen molar-refractivity contribution < 1.29 is 23.9 Å². The number of hydrogen-bond acceptors (Lipinski definition) is 5. The maximum Gasteiger partial charge on any atom is 0.306 e. The number of ketones is 1. The topological polar surface area (TPSA) is 81.7 Å². The van der Waals surface area contributed by atoms with Gasteiger partial charge in [0, 0.05) is 17.7 Å². The molecule has 0 aliphatic carbocycles. The highest BCUT2D eigenvalue weighted by Gasteiger charge is 2.17. The molecule has 148 valence electrons. The Labute approximate surface area is 164 Å². The Morgan fingerprint density at radius 1 is 1.00 bits per heavy atom. The van der Waals surface area contributed by atoms with Crippen LogP contribution in [-0.2, 0) is 14.3 Å². The van der Waals surface area contributed by atoms with Gasteiger partial charge in [0.15, 0.2) is 11.9 Å². The van der Waals surface area contributed by atoms with Crippen molar-refractivity contribution in [3.05, 3.63) is 59.7 Å². The second-order valence-electron chi connectivity index (χ2n) is 6.52. The molecule has 6 nitrogen and oxygen atoms in total. The summed E-state index contributed by atoms with van der Waals surface area (Å²) < 4.78 is 10.7. The zero-order chi connectivity index (χ0) is 20.5. The minimum Gasteiger partial charge on any atom is -0.494 e. The summed E-state index contributed by atoms with van der Waals surface area (Å²) in [6, 6.07) is 14.2. The van der Waals surface area contributed by atoms with Crippen LogP contribution in [0.4, 0.5) is 5.69 Å². The number of esters is 1. The fourth-order valence-electron chi connectivity index (χ4n) is 2.38. The van der Waals surface area contributed by atoms with Gasteiger partial charge in [-0.05, 0) is 63.6 Å². The molecule has 28 heavy (non-hydrogen) atoms. The van der Waals surface area contributed by atoms with E-state index in [1.165, 1.54) is 13.8 Å². The molecule has 0 radical (unpaired) electrons. The van der Waals surface area contributed by atoms with Gasteiger partial charge >= 0.3 is 5.97 Å². The fraction of sp³-hybridized carbons (Fsp3) is 0.318. The molecule has 0 bridgehead atoms. The minimum atomic E-state index is -0.919. The van der Waals surface area contributed by atoms with Crippen LogP contribution in [0.15, 0.2) is 48.5 Å². The summed E-state index contributed by atoms with van der Waals surface area (Å²) in [5.74, 6) is -0.184. The average molecular weight is 383 g/mol. The lowest BCUT2D eigenvalue weighted by atomic mass is 10.1. The van der Waals surface area contributed by atoms with Crippen molar-refractivity contribution in [2.24, 2.45) is 0 Å². The number of Topliss-reactive ketones (excluding diaryl/α,β-unsaturated/α-hetero) is 1. The van der Waals surface area contributed by atoms with E-state index in [2.05, 4.69) is 5.32 Å². The molecule has 0 heterocycles. The maximum atomic E-state index is 12.1. The third-order valence-electron chi connectivity index (χ3n) is 4.05. The third-order valence-corrected chi connectivity index (χ3v) is 4.05. The van der Waals surface area contributed by atoms with Crippen LogP contribution in [0.25, 0.3) is 0 Å². The molecule has 1 N–H and O–H groups in total. The van der Waals surface area contributed by atoms with Crippen molar-refractivity contribution in [1.29, 1.82) is 0 Å². The van der Waals surface area contributed by atoms with E-state index in [0.29, 0.717) is 24.3 Å². The summed E-state index contributed by atoms with van der Waals surface area (Å²) in [4.78, 5) is 35.3. The van der Waals surface area contributed by atoms with Gasteiger partial charge in [0.25, 0.3) is 5.91 Å². The van der Waals surface area contributed by atoms with Gasteiger partial charge in [-0.2, -0.15) is 0 Å². The molecule has 0 aliphatic heterocycles. The van der Waals surface area contributed by atoms with E-state index >= 15 is 0 Å². The molecular weight excluding hydrogens is 358 g/mol. The molecule has 1 atom stereocenters. The van der Waals surface area contributed by atoms with Gasteiger partial charge in [-0.15, -0.1) is 0 Å². The smallest absolute Gasteiger partial charge is 0.306 e. The quantitative estimate of drug-likeness (QED) is 0.403. The van der Waals surface area contributed by atoms with Gasteiger partial charge in [0.1, 0.15) is 5.75 Å². The lowest BCUT2D eigenvalue weighted by molar-refractivity contribution is -0.153. The molecule has 0 saturated heterocycles. The summed E-state index contributed by atoms with van der Waals surface area (Å²) in [5, 5.41) is 2.65. The fourth-order valence-corrected chi connectivity index (χ4v) is 2.38. The average Bonchev–Trinajstić information content (AvgIpc) is 2.67. The normalized spacial score (nSPS) is 11.4. The van der Waals surface area contributed by atoms with Crippen LogP contribution in [0.5, 0.6) is 5.75 Å². The number of amides is 1. The van der Waals surface area contributed by atoms with Crippen molar-refractivity contribution in [3.63, 3.8) is 0 Å². The first kappa shape index (κ1) is 21.2. The van der Waals surface area contributed by atoms with Crippen LogP contribution in [0.3, 0.4) is 0 Å². The van der Waals surface area contributed by atoms with E-state index in [0.717, 1.165) is 11.3 Å². The van der Waals surface area contributed by atoms with Gasteiger partial charge in [0.05, 0.1) is 6.61 Å². The number of aryl methyl sites for hydroxylation is 1. The van der Waals surface area contributed by atoms with Crippen molar-refractivity contribution in [3.8, 4) is 5.75 Å². The molecule has 0 spiro atoms. The number of carbonyl (C=O) groups is 3. The number of rotatable bonds is 9. The van der Waals surface area contributed by atoms with Gasteiger partial charge in [0.2, 0.25) is 0 Å². The molecule has 0 saturated carbocycles. The van der Waals surface area contributed by atoms with E-state index in [1.807, 2.05) is 31.2 Å². The lowest BCUT2D eigenvalue weighted by Gasteiger charge is -2.14. The summed E-state index contributed by atoms with van der Waals surface area (Å²) in [7, 11) is 0. The molecule has 0 aliphatic rings. The molecular formula is C22H25NO5. The summed E-state index contributed by atoms with van der Waals surface area (Å²) in [5.41, 5.74) is 2.24. The zero-order valence-electron chi connectivity index (χ0n) is 16.4. The number of anilines is 1. The first-order chi connectivity index (χ1) is 13.3. The largest absolute Gasteiger partial charge is 0.494 e. The second kappa shape index (κ2) is 10.3. The minimum absolute atomic E-state index is 0.0495. The van der Waals surface area contributed by atoms with E-state index in [4.69, 9.17) is 9.47 Å². The van der Waals surface area contributed by atoms with Crippen molar-refractivity contribution in [2.75, 3.05) is 11.9 Å². The molecule has 0 fully saturated rings. The molecule has 0 aromatic heterocycles. The van der Waals surface area contributed by atoms with Crippen LogP contribution < -0.4 is 10.1 Å². The molecule has 2 aromatic rings. The van der Waals surface area contributed by atoms with Gasteiger partial charge in [-0.3, -0.25) is 14.4 Å². The molecule has 1 unspecified atom stereocenters. The Morgan fingerprint density at radius 3 is 2.25 bits per heavy atom. The first-order valence-corrected chi connectivity index (χ1v) is 9.16. The summed E-state index contributed by atoms with van der Waals surface area (Å²) in [6.07, 6.45) is -0.261. The second-order valence-corrected chi connectivity index (χ2v) is 6.52. The van der Waals surface area contributed by atoms with Crippen LogP contribution in [-0.4, -0.2) is 30.4 Å². The molecule has 2 aromatic carbocycles. The van der Waals surface area contributed by atoms with Crippen LogP contribution in [0.1, 0.15) is 42.6 Å². The first-order valence-electron chi connectivity index (χ1n) is 9.16. The van der Waals surface area contributed by atoms with Crippen LogP contribution >= 0.6 is 0 Å². The maximum absolute atomic E-state index is 12.1. The molecule has 6 heteroatoms. The Balaban J connectivity index is 1.69. The highest BCUT2D eigenvalue weighted by molar-refractivity contribution is 5.97. The van der Waals surface area contributed by atoms with E-state index in [1.54, 1.807) is 24.3 Å². The third kappa shape index (κ3) is 6.87. The monoisotopic (exact) mass is 383 g/mol. The van der Waals surface area contributed by atoms with Crippen molar-refractivity contribution in [1.82, 2.24) is 0 Å². The van der Waals surface area contributed by atoms with Gasteiger partial charge in [-0.25, -0.2) is 0 Å². The molecule has 2 rings (SSSR count). The van der Waals surface area contributed by atoms with E-state index in [9.17, 15) is 14.4 Å². The summed E-state index contributed by atoms with van der Waals surface area (Å²) in [6.45, 7) is 5.38. The zero-order valence-corrected chi connectivity index (χ0v) is 16.4. The number of hydrogen-bond donors (Lipinski definition) is 1. The molecule has 1 amide bonds. The lowest BCUT2D eigenvalue weighted by Crippen LogP contribution is -2.30. The Hall–Kier alpha value is -3.15. The predicted octanol–water partition coefficient (Wildman–Crippen LogP) is 3.93. The number of ether oxygens (including phenoxy) is 2. The Kier molecular flexibility index (Phi) is 7.75. The van der Waals surface area contributed by atoms with E-state index in [-0.39, 0.29) is 12.2 Å². The van der Waals surface area contributed by atoms with Crippen LogP contribution in [0.2, 0.25) is 0 Å². The standard InChI is InChI=1S/C22H25NO5/c1-15-6-12-20(13-7-15)27-14-4-5-21(25)28-17(3)22(26)23-19-10-8-18(9-11-19)16(2)24/h6-13,17H,4-5,14H2,1-3H3,(H,23,26). The van der Waals surface area contributed by atoms with Crippen LogP contribution in [0, 0.1) is 6.92 Å². The highest BCUT2D eigenvalue weighted by Crippen LogP contribution is 2.13. The SMILES string of the molecule is CC(=O)c1ccc(NC(=O)C(C)OC(=O)CCCOc2ccc(C)cc2)cc1. The van der Waals surface area contributed by atoms with Gasteiger partial charge in [-0.1, -0.05) is 17.7 Å². The predicted molar refractivity (Wildman–Crippen MR) is 107 cm³/mol. The van der Waals surface area contributed by atoms with Crippen molar-refractivity contribution >= 4 is 23.3 Å². The Morgan fingerprint density at radius 2 is 1.64 bits per heavy atom. The summed E-state index contributed by atoms with van der Waals surface area (Å²) >= 11 is 0. The van der Waals surface area contributed by atoms with Gasteiger partial charge < -0.3 is 14.8 Å². The number of carbonyl (C=O) groups excluding carboxylic acids is 3. The van der Waals surface area contributed by atoms with Crippen molar-refractivity contribution in [2.45, 2.75) is 39.7 Å².